The number of hydrogen-bond donors (Lipinski definition) is 2. The molecule has 0 unspecified atom stereocenters. The predicted molar refractivity (Wildman–Crippen MR) is 92.6 cm³/mol. The lowest BCUT2D eigenvalue weighted by Gasteiger charge is -2.16. The van der Waals surface area contributed by atoms with Crippen LogP contribution in [0.3, 0.4) is 0 Å². The maximum atomic E-state index is 12.0. The highest BCUT2D eigenvalue weighted by atomic mass is 16.3. The van der Waals surface area contributed by atoms with Crippen LogP contribution in [-0.2, 0) is 11.3 Å². The van der Waals surface area contributed by atoms with Gasteiger partial charge in [0, 0.05) is 19.3 Å². The lowest BCUT2D eigenvalue weighted by atomic mass is 10.1. The number of hydrogen-bond acceptors (Lipinski definition) is 5. The molecule has 0 bridgehead atoms. The van der Waals surface area contributed by atoms with E-state index in [9.17, 15) is 4.79 Å². The molecule has 1 atom stereocenters. The molecule has 1 aliphatic heterocycles. The number of nitrogens with one attached hydrogen (secondary N) is 2. The van der Waals surface area contributed by atoms with E-state index in [1.165, 1.54) is 5.56 Å². The Bertz CT molecular complexity index is 657. The SMILES string of the molecule is Cc1ccnc(NC[C@H]2CCN(CC(=O)NCc3ccco3)C2)c1. The Balaban J connectivity index is 1.36. The van der Waals surface area contributed by atoms with E-state index in [4.69, 9.17) is 4.42 Å². The summed E-state index contributed by atoms with van der Waals surface area (Å²) in [6.45, 7) is 5.74. The molecule has 2 aromatic heterocycles. The normalized spacial score (nSPS) is 17.8. The van der Waals surface area contributed by atoms with E-state index in [-0.39, 0.29) is 5.91 Å². The second kappa shape index (κ2) is 7.97. The van der Waals surface area contributed by atoms with Gasteiger partial charge >= 0.3 is 0 Å². The smallest absolute Gasteiger partial charge is 0.234 e. The van der Waals surface area contributed by atoms with E-state index < -0.39 is 0 Å². The number of aromatic nitrogens is 1. The first kappa shape index (κ1) is 16.5. The molecule has 128 valence electrons. The predicted octanol–water partition coefficient (Wildman–Crippen LogP) is 2.03. The van der Waals surface area contributed by atoms with E-state index in [0.29, 0.717) is 19.0 Å². The van der Waals surface area contributed by atoms with E-state index in [1.54, 1.807) is 6.26 Å². The zero-order valence-corrected chi connectivity index (χ0v) is 14.0. The van der Waals surface area contributed by atoms with E-state index >= 15 is 0 Å². The van der Waals surface area contributed by atoms with Gasteiger partial charge in [-0.2, -0.15) is 0 Å². The van der Waals surface area contributed by atoms with Crippen molar-refractivity contribution < 1.29 is 9.21 Å². The molecule has 3 rings (SSSR count). The Morgan fingerprint density at radius 1 is 1.46 bits per heavy atom. The molecule has 0 radical (unpaired) electrons. The molecule has 1 amide bonds. The van der Waals surface area contributed by atoms with Gasteiger partial charge in [-0.15, -0.1) is 0 Å². The van der Waals surface area contributed by atoms with Crippen LogP contribution < -0.4 is 10.6 Å². The monoisotopic (exact) mass is 328 g/mol. The second-order valence-electron chi connectivity index (χ2n) is 6.35. The number of carbonyl (C=O) groups is 1. The molecule has 1 saturated heterocycles. The van der Waals surface area contributed by atoms with Gasteiger partial charge in [0.15, 0.2) is 0 Å². The minimum absolute atomic E-state index is 0.0420. The summed E-state index contributed by atoms with van der Waals surface area (Å²) in [6, 6.07) is 7.72. The fraction of sp³-hybridized carbons (Fsp3) is 0.444. The van der Waals surface area contributed by atoms with Gasteiger partial charge in [0.05, 0.1) is 19.4 Å². The summed E-state index contributed by atoms with van der Waals surface area (Å²) in [5.41, 5.74) is 1.20. The first-order valence-corrected chi connectivity index (χ1v) is 8.37. The zero-order valence-electron chi connectivity index (χ0n) is 14.0. The van der Waals surface area contributed by atoms with Crippen molar-refractivity contribution in [3.63, 3.8) is 0 Å². The molecule has 0 spiro atoms. The molecule has 0 aromatic carbocycles. The first-order chi connectivity index (χ1) is 11.7. The quantitative estimate of drug-likeness (QED) is 0.814. The number of amides is 1. The third kappa shape index (κ3) is 4.83. The fourth-order valence-electron chi connectivity index (χ4n) is 2.96. The minimum Gasteiger partial charge on any atom is -0.467 e. The molecule has 2 aromatic rings. The molecule has 0 aliphatic carbocycles. The largest absolute Gasteiger partial charge is 0.467 e. The van der Waals surface area contributed by atoms with Gasteiger partial charge < -0.3 is 15.1 Å². The first-order valence-electron chi connectivity index (χ1n) is 8.37. The average Bonchev–Trinajstić information content (AvgIpc) is 3.23. The lowest BCUT2D eigenvalue weighted by molar-refractivity contribution is -0.122. The fourth-order valence-corrected chi connectivity index (χ4v) is 2.96. The van der Waals surface area contributed by atoms with Crippen LogP contribution in [0.25, 0.3) is 0 Å². The zero-order chi connectivity index (χ0) is 16.8. The van der Waals surface area contributed by atoms with Crippen LogP contribution in [0, 0.1) is 12.8 Å². The average molecular weight is 328 g/mol. The minimum atomic E-state index is 0.0420. The molecular weight excluding hydrogens is 304 g/mol. The number of rotatable bonds is 7. The van der Waals surface area contributed by atoms with E-state index in [0.717, 1.165) is 37.6 Å². The van der Waals surface area contributed by atoms with Gasteiger partial charge in [0.2, 0.25) is 5.91 Å². The van der Waals surface area contributed by atoms with Crippen LogP contribution in [0.15, 0.2) is 41.1 Å². The van der Waals surface area contributed by atoms with Crippen molar-refractivity contribution in [3.05, 3.63) is 48.0 Å². The Morgan fingerprint density at radius 3 is 3.17 bits per heavy atom. The number of likely N-dealkylation sites (tertiary alicyclic amines) is 1. The van der Waals surface area contributed by atoms with Crippen LogP contribution in [0.4, 0.5) is 5.82 Å². The summed E-state index contributed by atoms with van der Waals surface area (Å²) in [6.07, 6.45) is 4.54. The highest BCUT2D eigenvalue weighted by Crippen LogP contribution is 2.16. The summed E-state index contributed by atoms with van der Waals surface area (Å²) < 4.78 is 5.21. The topological polar surface area (TPSA) is 70.4 Å². The molecule has 24 heavy (non-hydrogen) atoms. The molecule has 0 saturated carbocycles. The molecule has 1 fully saturated rings. The molecule has 2 N–H and O–H groups in total. The Morgan fingerprint density at radius 2 is 2.38 bits per heavy atom. The van der Waals surface area contributed by atoms with Gasteiger partial charge in [-0.05, 0) is 55.6 Å². The highest BCUT2D eigenvalue weighted by Gasteiger charge is 2.23. The van der Waals surface area contributed by atoms with Crippen molar-refractivity contribution in [2.45, 2.75) is 19.9 Å². The van der Waals surface area contributed by atoms with Crippen molar-refractivity contribution in [3.8, 4) is 0 Å². The molecule has 6 nitrogen and oxygen atoms in total. The van der Waals surface area contributed by atoms with Crippen molar-refractivity contribution in [1.82, 2.24) is 15.2 Å². The Hall–Kier alpha value is -2.34. The highest BCUT2D eigenvalue weighted by molar-refractivity contribution is 5.77. The van der Waals surface area contributed by atoms with Crippen molar-refractivity contribution in [1.29, 1.82) is 0 Å². The number of anilines is 1. The number of carbonyl (C=O) groups excluding carboxylic acids is 1. The number of pyridine rings is 1. The maximum absolute atomic E-state index is 12.0. The van der Waals surface area contributed by atoms with Crippen LogP contribution in [0.1, 0.15) is 17.7 Å². The second-order valence-corrected chi connectivity index (χ2v) is 6.35. The van der Waals surface area contributed by atoms with Gasteiger partial charge in [0.1, 0.15) is 11.6 Å². The number of nitrogens with zero attached hydrogens (tertiary/aromatic N) is 2. The van der Waals surface area contributed by atoms with Crippen LogP contribution in [0.5, 0.6) is 0 Å². The van der Waals surface area contributed by atoms with Crippen molar-refractivity contribution in [2.75, 3.05) is 31.5 Å². The van der Waals surface area contributed by atoms with Crippen LogP contribution in [-0.4, -0.2) is 42.0 Å². The maximum Gasteiger partial charge on any atom is 0.234 e. The van der Waals surface area contributed by atoms with E-state index in [2.05, 4.69) is 33.5 Å². The van der Waals surface area contributed by atoms with Crippen LogP contribution in [0.2, 0.25) is 0 Å². The van der Waals surface area contributed by atoms with Crippen LogP contribution >= 0.6 is 0 Å². The Labute approximate surface area is 142 Å². The number of furan rings is 1. The summed E-state index contributed by atoms with van der Waals surface area (Å²) in [5, 5.41) is 6.29. The summed E-state index contributed by atoms with van der Waals surface area (Å²) >= 11 is 0. The third-order valence-corrected chi connectivity index (χ3v) is 4.26. The van der Waals surface area contributed by atoms with Gasteiger partial charge in [-0.25, -0.2) is 4.98 Å². The van der Waals surface area contributed by atoms with Gasteiger partial charge in [-0.1, -0.05) is 0 Å². The molecule has 6 heteroatoms. The standard InChI is InChI=1S/C18H24N4O2/c1-14-4-6-19-17(9-14)20-10-15-5-7-22(12-15)13-18(23)21-11-16-3-2-8-24-16/h2-4,6,8-9,15H,5,7,10-13H2,1H3,(H,19,20)(H,21,23)/t15-/m1/s1. The summed E-state index contributed by atoms with van der Waals surface area (Å²) in [4.78, 5) is 18.5. The number of aryl methyl sites for hydroxylation is 1. The van der Waals surface area contributed by atoms with Gasteiger partial charge in [0.25, 0.3) is 0 Å². The third-order valence-electron chi connectivity index (χ3n) is 4.26. The lowest BCUT2D eigenvalue weighted by Crippen LogP contribution is -2.36. The van der Waals surface area contributed by atoms with E-state index in [1.807, 2.05) is 24.4 Å². The summed E-state index contributed by atoms with van der Waals surface area (Å²) in [7, 11) is 0. The molecular formula is C18H24N4O2. The Kier molecular flexibility index (Phi) is 5.48. The van der Waals surface area contributed by atoms with Crippen molar-refractivity contribution >= 4 is 11.7 Å². The van der Waals surface area contributed by atoms with Crippen molar-refractivity contribution in [2.24, 2.45) is 5.92 Å². The summed E-state index contributed by atoms with van der Waals surface area (Å²) in [5.74, 6) is 2.28. The van der Waals surface area contributed by atoms with Gasteiger partial charge in [-0.3, -0.25) is 9.69 Å². The molecule has 3 heterocycles. The molecule has 1 aliphatic rings.